The van der Waals surface area contributed by atoms with Crippen molar-refractivity contribution < 1.29 is 42.9 Å². The number of esters is 2. The number of hydrogen-bond acceptors (Lipinski definition) is 10. The van der Waals surface area contributed by atoms with Gasteiger partial charge in [-0.05, 0) is 45.2 Å². The zero-order valence-corrected chi connectivity index (χ0v) is 24.3. The van der Waals surface area contributed by atoms with Gasteiger partial charge in [0.1, 0.15) is 21.7 Å². The third-order valence-electron chi connectivity index (χ3n) is 6.20. The van der Waals surface area contributed by atoms with Crippen LogP contribution >= 0.6 is 11.3 Å². The van der Waals surface area contributed by atoms with E-state index in [0.29, 0.717) is 42.9 Å². The fourth-order valence-electron chi connectivity index (χ4n) is 4.36. The Morgan fingerprint density at radius 2 is 1.73 bits per heavy atom. The first-order valence-electron chi connectivity index (χ1n) is 13.1. The van der Waals surface area contributed by atoms with Crippen LogP contribution in [0.4, 0.5) is 9.80 Å². The van der Waals surface area contributed by atoms with Crippen molar-refractivity contribution in [1.29, 1.82) is 0 Å². The fraction of sp³-hybridized carbons (Fsp3) is 0.500. The van der Waals surface area contributed by atoms with Gasteiger partial charge in [0.05, 0.1) is 38.5 Å². The SMILES string of the molecule is CCOC(=O)c1sc(N(CC(OC2CCOCC2)c2ccccc2OC)C(=O)NC(C)=O)c(C(=O)OCC)c1C. The molecule has 0 radical (unpaired) electrons. The van der Waals surface area contributed by atoms with Gasteiger partial charge in [-0.15, -0.1) is 11.3 Å². The zero-order valence-electron chi connectivity index (χ0n) is 23.4. The molecule has 2 heterocycles. The lowest BCUT2D eigenvalue weighted by atomic mass is 10.1. The highest BCUT2D eigenvalue weighted by atomic mass is 32.1. The molecule has 3 amide bonds. The van der Waals surface area contributed by atoms with Crippen LogP contribution in [0.5, 0.6) is 5.75 Å². The number of urea groups is 1. The van der Waals surface area contributed by atoms with Crippen molar-refractivity contribution in [3.05, 3.63) is 45.8 Å². The number of nitrogens with zero attached hydrogens (tertiary/aromatic N) is 1. The van der Waals surface area contributed by atoms with Crippen LogP contribution in [0.1, 0.15) is 70.9 Å². The van der Waals surface area contributed by atoms with Crippen LogP contribution in [0.3, 0.4) is 0 Å². The van der Waals surface area contributed by atoms with Crippen LogP contribution in [0.25, 0.3) is 0 Å². The Balaban J connectivity index is 2.16. The molecule has 1 atom stereocenters. The van der Waals surface area contributed by atoms with Gasteiger partial charge in [0.15, 0.2) is 0 Å². The van der Waals surface area contributed by atoms with Crippen molar-refractivity contribution in [2.75, 3.05) is 45.0 Å². The van der Waals surface area contributed by atoms with Gasteiger partial charge in [-0.25, -0.2) is 14.4 Å². The molecule has 1 unspecified atom stereocenters. The Bertz CT molecular complexity index is 1210. The molecule has 218 valence electrons. The van der Waals surface area contributed by atoms with Crippen molar-refractivity contribution in [2.45, 2.75) is 52.7 Å². The van der Waals surface area contributed by atoms with Gasteiger partial charge < -0.3 is 23.7 Å². The van der Waals surface area contributed by atoms with E-state index in [1.54, 1.807) is 26.8 Å². The summed E-state index contributed by atoms with van der Waals surface area (Å²) in [5.41, 5.74) is 1.03. The fourth-order valence-corrected chi connectivity index (χ4v) is 5.55. The summed E-state index contributed by atoms with van der Waals surface area (Å²) in [6.45, 7) is 7.32. The lowest BCUT2D eigenvalue weighted by molar-refractivity contribution is -0.117. The minimum Gasteiger partial charge on any atom is -0.496 e. The number of thiophene rings is 1. The number of benzene rings is 1. The van der Waals surface area contributed by atoms with E-state index in [-0.39, 0.29) is 41.3 Å². The summed E-state index contributed by atoms with van der Waals surface area (Å²) in [5.74, 6) is -1.38. The first-order valence-corrected chi connectivity index (χ1v) is 14.0. The number of methoxy groups -OCH3 is 1. The molecule has 0 saturated carbocycles. The summed E-state index contributed by atoms with van der Waals surface area (Å²) in [6.07, 6.45) is 0.432. The van der Waals surface area contributed by atoms with E-state index in [1.165, 1.54) is 18.9 Å². The lowest BCUT2D eigenvalue weighted by Gasteiger charge is -2.32. The molecule has 1 aromatic carbocycles. The molecule has 3 rings (SSSR count). The third-order valence-corrected chi connectivity index (χ3v) is 7.50. The van der Waals surface area contributed by atoms with Gasteiger partial charge in [-0.3, -0.25) is 15.0 Å². The van der Waals surface area contributed by atoms with E-state index in [1.807, 2.05) is 18.2 Å². The summed E-state index contributed by atoms with van der Waals surface area (Å²) >= 11 is 0.917. The molecule has 0 bridgehead atoms. The third kappa shape index (κ3) is 7.58. The molecule has 0 aliphatic carbocycles. The number of carbonyl (C=O) groups is 4. The molecular formula is C28H36N2O9S. The minimum atomic E-state index is -0.787. The number of rotatable bonds is 11. The molecule has 2 aromatic rings. The van der Waals surface area contributed by atoms with Gasteiger partial charge in [-0.1, -0.05) is 18.2 Å². The molecule has 1 aromatic heterocycles. The summed E-state index contributed by atoms with van der Waals surface area (Å²) in [7, 11) is 1.54. The van der Waals surface area contributed by atoms with E-state index < -0.39 is 30.0 Å². The average Bonchev–Trinajstić information content (AvgIpc) is 3.28. The lowest BCUT2D eigenvalue weighted by Crippen LogP contribution is -2.45. The van der Waals surface area contributed by atoms with Crippen LogP contribution < -0.4 is 15.0 Å². The number of hydrogen-bond donors (Lipinski definition) is 1. The highest BCUT2D eigenvalue weighted by Gasteiger charge is 2.35. The van der Waals surface area contributed by atoms with Crippen molar-refractivity contribution in [1.82, 2.24) is 5.32 Å². The Morgan fingerprint density at radius 3 is 2.35 bits per heavy atom. The van der Waals surface area contributed by atoms with Crippen LogP contribution in [-0.2, 0) is 23.7 Å². The van der Waals surface area contributed by atoms with Crippen molar-refractivity contribution in [3.63, 3.8) is 0 Å². The van der Waals surface area contributed by atoms with Crippen molar-refractivity contribution in [2.24, 2.45) is 0 Å². The van der Waals surface area contributed by atoms with E-state index in [2.05, 4.69) is 5.32 Å². The maximum atomic E-state index is 13.5. The Kier molecular flexibility index (Phi) is 11.5. The summed E-state index contributed by atoms with van der Waals surface area (Å²) in [4.78, 5) is 52.8. The predicted molar refractivity (Wildman–Crippen MR) is 148 cm³/mol. The molecule has 1 fully saturated rings. The quantitative estimate of drug-likeness (QED) is 0.387. The van der Waals surface area contributed by atoms with Crippen LogP contribution in [-0.4, -0.2) is 70.1 Å². The molecule has 1 aliphatic heterocycles. The number of para-hydroxylation sites is 1. The standard InChI is InChI=1S/C28H36N2O9S/c1-6-37-26(32)23-17(3)24(27(33)38-7-2)40-25(23)30(28(34)29-18(4)31)16-22(39-19-12-14-36-15-13-19)20-10-8-9-11-21(20)35-5/h8-11,19,22H,6-7,12-16H2,1-5H3,(H,29,31,34). The Morgan fingerprint density at radius 1 is 1.07 bits per heavy atom. The summed E-state index contributed by atoms with van der Waals surface area (Å²) < 4.78 is 28.1. The van der Waals surface area contributed by atoms with Gasteiger partial charge in [-0.2, -0.15) is 0 Å². The van der Waals surface area contributed by atoms with Gasteiger partial charge in [0.2, 0.25) is 5.91 Å². The van der Waals surface area contributed by atoms with Gasteiger partial charge in [0, 0.05) is 25.7 Å². The normalized spacial score (nSPS) is 14.2. The van der Waals surface area contributed by atoms with Gasteiger partial charge in [0.25, 0.3) is 0 Å². The molecule has 1 N–H and O–H groups in total. The molecule has 11 nitrogen and oxygen atoms in total. The predicted octanol–water partition coefficient (Wildman–Crippen LogP) is 4.42. The first kappa shape index (κ1) is 31.1. The second-order valence-corrected chi connectivity index (χ2v) is 9.95. The maximum absolute atomic E-state index is 13.5. The zero-order chi connectivity index (χ0) is 29.2. The summed E-state index contributed by atoms with van der Waals surface area (Å²) in [6, 6.07) is 6.48. The molecule has 12 heteroatoms. The number of amides is 3. The number of anilines is 1. The first-order chi connectivity index (χ1) is 19.2. The molecular weight excluding hydrogens is 540 g/mol. The smallest absolute Gasteiger partial charge is 0.348 e. The van der Waals surface area contributed by atoms with Crippen LogP contribution in [0.15, 0.2) is 24.3 Å². The second-order valence-electron chi connectivity index (χ2n) is 8.95. The van der Waals surface area contributed by atoms with Crippen molar-refractivity contribution >= 4 is 40.2 Å². The highest BCUT2D eigenvalue weighted by molar-refractivity contribution is 7.18. The topological polar surface area (TPSA) is 130 Å². The number of nitrogens with one attached hydrogen (secondary N) is 1. The minimum absolute atomic E-state index is 0.0402. The molecule has 40 heavy (non-hydrogen) atoms. The number of ether oxygens (including phenoxy) is 5. The molecule has 1 saturated heterocycles. The second kappa shape index (κ2) is 14.8. The highest BCUT2D eigenvalue weighted by Crippen LogP contribution is 2.39. The van der Waals surface area contributed by atoms with E-state index in [4.69, 9.17) is 23.7 Å². The maximum Gasteiger partial charge on any atom is 0.348 e. The molecule has 1 aliphatic rings. The Labute approximate surface area is 237 Å². The van der Waals surface area contributed by atoms with Crippen molar-refractivity contribution in [3.8, 4) is 5.75 Å². The monoisotopic (exact) mass is 576 g/mol. The van der Waals surface area contributed by atoms with Crippen LogP contribution in [0, 0.1) is 6.92 Å². The molecule has 0 spiro atoms. The largest absolute Gasteiger partial charge is 0.496 e. The van der Waals surface area contributed by atoms with E-state index >= 15 is 0 Å². The number of carbonyl (C=O) groups excluding carboxylic acids is 4. The Hall–Kier alpha value is -3.48. The number of imide groups is 1. The van der Waals surface area contributed by atoms with E-state index in [9.17, 15) is 19.2 Å². The van der Waals surface area contributed by atoms with Gasteiger partial charge >= 0.3 is 18.0 Å². The van der Waals surface area contributed by atoms with E-state index in [0.717, 1.165) is 11.3 Å². The van der Waals surface area contributed by atoms with Crippen LogP contribution in [0.2, 0.25) is 0 Å². The average molecular weight is 577 g/mol. The summed E-state index contributed by atoms with van der Waals surface area (Å²) in [5, 5.41) is 2.42.